The first-order valence-electron chi connectivity index (χ1n) is 8.63. The van der Waals surface area contributed by atoms with Gasteiger partial charge in [0.25, 0.3) is 5.56 Å². The molecule has 130 valence electrons. The van der Waals surface area contributed by atoms with Gasteiger partial charge in [-0.1, -0.05) is 24.3 Å². The predicted octanol–water partition coefficient (Wildman–Crippen LogP) is 3.45. The molecule has 2 aromatic heterocycles. The van der Waals surface area contributed by atoms with Crippen molar-refractivity contribution in [3.05, 3.63) is 62.5 Å². The topological polar surface area (TPSA) is 46.9 Å². The lowest BCUT2D eigenvalue weighted by Crippen LogP contribution is -2.29. The van der Waals surface area contributed by atoms with Crippen molar-refractivity contribution < 1.29 is 0 Å². The van der Waals surface area contributed by atoms with Crippen molar-refractivity contribution in [2.45, 2.75) is 38.3 Å². The molecule has 4 nitrogen and oxygen atoms in total. The molecule has 0 fully saturated rings. The van der Waals surface area contributed by atoms with Crippen LogP contribution in [0, 0.1) is 0 Å². The maximum atomic E-state index is 13.3. The van der Waals surface area contributed by atoms with Crippen LogP contribution in [-0.2, 0) is 19.4 Å². The van der Waals surface area contributed by atoms with Gasteiger partial charge in [-0.25, -0.2) is 4.98 Å². The maximum absolute atomic E-state index is 13.3. The molecular weight excluding hydrogens is 354 g/mol. The summed E-state index contributed by atoms with van der Waals surface area (Å²) in [5.74, 6) is 0. The quantitative estimate of drug-likeness (QED) is 0.710. The largest absolute Gasteiger partial charge is 0.312 e. The number of thiophene rings is 1. The van der Waals surface area contributed by atoms with Crippen LogP contribution in [0.4, 0.5) is 0 Å². The first-order valence-corrected chi connectivity index (χ1v) is 9.44. The van der Waals surface area contributed by atoms with Gasteiger partial charge in [-0.15, -0.1) is 23.7 Å². The molecule has 0 saturated heterocycles. The van der Waals surface area contributed by atoms with E-state index in [1.165, 1.54) is 21.6 Å². The molecule has 0 bridgehead atoms. The summed E-state index contributed by atoms with van der Waals surface area (Å²) in [6, 6.07) is 8.65. The molecule has 1 aromatic carbocycles. The van der Waals surface area contributed by atoms with Gasteiger partial charge in [0.1, 0.15) is 4.83 Å². The first kappa shape index (κ1) is 16.8. The van der Waals surface area contributed by atoms with Gasteiger partial charge in [0.15, 0.2) is 0 Å². The summed E-state index contributed by atoms with van der Waals surface area (Å²) in [6.45, 7) is 1.81. The van der Waals surface area contributed by atoms with E-state index in [0.29, 0.717) is 0 Å². The van der Waals surface area contributed by atoms with Crippen LogP contribution in [0.5, 0.6) is 0 Å². The van der Waals surface area contributed by atoms with Crippen LogP contribution in [-0.4, -0.2) is 16.1 Å². The minimum Gasteiger partial charge on any atom is -0.312 e. The van der Waals surface area contributed by atoms with Crippen LogP contribution >= 0.6 is 23.7 Å². The first-order chi connectivity index (χ1) is 11.8. The van der Waals surface area contributed by atoms with Crippen molar-refractivity contribution in [1.82, 2.24) is 14.9 Å². The molecule has 1 aliphatic carbocycles. The summed E-state index contributed by atoms with van der Waals surface area (Å²) in [4.78, 5) is 20.1. The molecule has 25 heavy (non-hydrogen) atoms. The van der Waals surface area contributed by atoms with Gasteiger partial charge >= 0.3 is 0 Å². The minimum absolute atomic E-state index is 0. The van der Waals surface area contributed by atoms with Crippen molar-refractivity contribution in [3.8, 4) is 0 Å². The van der Waals surface area contributed by atoms with E-state index in [1.807, 2.05) is 4.57 Å². The number of nitrogens with one attached hydrogen (secondary N) is 1. The van der Waals surface area contributed by atoms with Crippen molar-refractivity contribution in [2.75, 3.05) is 6.54 Å². The van der Waals surface area contributed by atoms with Gasteiger partial charge in [0.2, 0.25) is 0 Å². The molecule has 5 rings (SSSR count). The van der Waals surface area contributed by atoms with E-state index in [9.17, 15) is 4.79 Å². The van der Waals surface area contributed by atoms with E-state index in [2.05, 4.69) is 34.6 Å². The van der Waals surface area contributed by atoms with E-state index in [0.717, 1.165) is 49.0 Å². The van der Waals surface area contributed by atoms with E-state index < -0.39 is 0 Å². The smallest absolute Gasteiger partial charge is 0.262 e. The monoisotopic (exact) mass is 373 g/mol. The molecule has 0 radical (unpaired) electrons. The number of halogens is 1. The third kappa shape index (κ3) is 2.62. The second kappa shape index (κ2) is 6.56. The molecular formula is C19H20ClN3OS. The summed E-state index contributed by atoms with van der Waals surface area (Å²) in [5.41, 5.74) is 4.03. The Morgan fingerprint density at radius 3 is 3.04 bits per heavy atom. The number of aromatic nitrogens is 2. The minimum atomic E-state index is 0. The van der Waals surface area contributed by atoms with Crippen molar-refractivity contribution in [3.63, 3.8) is 0 Å². The van der Waals surface area contributed by atoms with E-state index in [-0.39, 0.29) is 24.0 Å². The van der Waals surface area contributed by atoms with Crippen molar-refractivity contribution in [2.24, 2.45) is 0 Å². The highest BCUT2D eigenvalue weighted by Gasteiger charge is 2.25. The summed E-state index contributed by atoms with van der Waals surface area (Å²) in [5, 5.41) is 4.25. The summed E-state index contributed by atoms with van der Waals surface area (Å²) in [7, 11) is 0. The number of nitrogens with zero attached hydrogens (tertiary/aromatic N) is 2. The zero-order chi connectivity index (χ0) is 16.1. The second-order valence-corrected chi connectivity index (χ2v) is 7.76. The van der Waals surface area contributed by atoms with Crippen LogP contribution in [0.2, 0.25) is 0 Å². The third-order valence-electron chi connectivity index (χ3n) is 5.33. The van der Waals surface area contributed by atoms with Crippen LogP contribution < -0.4 is 10.9 Å². The Balaban J connectivity index is 0.00000157. The molecule has 1 N–H and O–H groups in total. The zero-order valence-corrected chi connectivity index (χ0v) is 15.5. The van der Waals surface area contributed by atoms with Gasteiger partial charge in [0, 0.05) is 11.4 Å². The number of hydrogen-bond donors (Lipinski definition) is 1. The molecule has 3 aromatic rings. The summed E-state index contributed by atoms with van der Waals surface area (Å²) < 4.78 is 1.88. The lowest BCUT2D eigenvalue weighted by Gasteiger charge is -2.27. The van der Waals surface area contributed by atoms with E-state index in [1.54, 1.807) is 17.7 Å². The van der Waals surface area contributed by atoms with Gasteiger partial charge in [0.05, 0.1) is 17.8 Å². The van der Waals surface area contributed by atoms with Crippen LogP contribution in [0.1, 0.15) is 40.5 Å². The lowest BCUT2D eigenvalue weighted by atomic mass is 9.87. The summed E-state index contributed by atoms with van der Waals surface area (Å²) >= 11 is 1.67. The Labute approximate surface area is 156 Å². The Morgan fingerprint density at radius 1 is 1.24 bits per heavy atom. The van der Waals surface area contributed by atoms with E-state index >= 15 is 0 Å². The van der Waals surface area contributed by atoms with Crippen LogP contribution in [0.25, 0.3) is 10.2 Å². The average Bonchev–Trinajstić information content (AvgIpc) is 3.01. The molecule has 2 aliphatic rings. The molecule has 1 unspecified atom stereocenters. The third-order valence-corrected chi connectivity index (χ3v) is 6.47. The molecule has 1 aliphatic heterocycles. The average molecular weight is 374 g/mol. The molecule has 1 atom stereocenters. The maximum Gasteiger partial charge on any atom is 0.262 e. The standard InChI is InChI=1S/C19H19N3OS.ClH/c23-19-17-14-8-9-20-10-16(14)24-18(17)21-11-22(19)15-7-3-5-12-4-1-2-6-13(12)15;/h1-2,4,6,11,15,20H,3,5,7-10H2;1H. The second-order valence-electron chi connectivity index (χ2n) is 6.67. The van der Waals surface area contributed by atoms with Gasteiger partial charge < -0.3 is 5.32 Å². The predicted molar refractivity (Wildman–Crippen MR) is 104 cm³/mol. The molecule has 0 amide bonds. The van der Waals surface area contributed by atoms with Crippen LogP contribution in [0.15, 0.2) is 35.4 Å². The number of benzene rings is 1. The zero-order valence-electron chi connectivity index (χ0n) is 13.8. The van der Waals surface area contributed by atoms with Gasteiger partial charge in [-0.05, 0) is 48.9 Å². The molecule has 6 heteroatoms. The van der Waals surface area contributed by atoms with E-state index in [4.69, 9.17) is 0 Å². The van der Waals surface area contributed by atoms with Crippen molar-refractivity contribution in [1.29, 1.82) is 0 Å². The lowest BCUT2D eigenvalue weighted by molar-refractivity contribution is 0.475. The Hall–Kier alpha value is -1.69. The highest BCUT2D eigenvalue weighted by Crippen LogP contribution is 2.34. The van der Waals surface area contributed by atoms with Gasteiger partial charge in [-0.2, -0.15) is 0 Å². The Bertz CT molecular complexity index is 994. The van der Waals surface area contributed by atoms with Crippen LogP contribution in [0.3, 0.4) is 0 Å². The molecule has 3 heterocycles. The number of aryl methyl sites for hydroxylation is 1. The fourth-order valence-corrected chi connectivity index (χ4v) is 5.31. The molecule has 0 spiro atoms. The SMILES string of the molecule is Cl.O=c1c2c3c(sc2ncn1C1CCCc2ccccc21)CNCC3. The summed E-state index contributed by atoms with van der Waals surface area (Å²) in [6.07, 6.45) is 5.94. The van der Waals surface area contributed by atoms with Gasteiger partial charge in [-0.3, -0.25) is 9.36 Å². The highest BCUT2D eigenvalue weighted by atomic mass is 35.5. The molecule has 0 saturated carbocycles. The van der Waals surface area contributed by atoms with Crippen molar-refractivity contribution >= 4 is 34.0 Å². The highest BCUT2D eigenvalue weighted by molar-refractivity contribution is 7.18. The Kier molecular flexibility index (Phi) is 4.40. The fourth-order valence-electron chi connectivity index (χ4n) is 4.17. The number of fused-ring (bicyclic) bond motifs is 4. The fraction of sp³-hybridized carbons (Fsp3) is 0.368. The number of hydrogen-bond acceptors (Lipinski definition) is 4. The Morgan fingerprint density at radius 2 is 2.12 bits per heavy atom. The normalized spacial score (nSPS) is 19.1. The number of rotatable bonds is 1.